The number of fused-ring (bicyclic) bond motifs is 2. The molecule has 4 heteroatoms. The summed E-state index contributed by atoms with van der Waals surface area (Å²) in [5.41, 5.74) is 5.11. The molecule has 2 aromatic carbocycles. The van der Waals surface area contributed by atoms with Crippen LogP contribution in [0.1, 0.15) is 64.7 Å². The van der Waals surface area contributed by atoms with Crippen molar-refractivity contribution >= 4 is 22.7 Å². The van der Waals surface area contributed by atoms with Gasteiger partial charge in [-0.3, -0.25) is 9.78 Å². The molecule has 3 aromatic rings. The van der Waals surface area contributed by atoms with Gasteiger partial charge >= 0.3 is 5.97 Å². The van der Waals surface area contributed by atoms with Crippen LogP contribution >= 0.6 is 0 Å². The van der Waals surface area contributed by atoms with Crippen molar-refractivity contribution in [1.29, 1.82) is 0 Å². The molecule has 160 valence electrons. The Hall–Kier alpha value is -3.01. The second kappa shape index (κ2) is 8.26. The Labute approximate surface area is 183 Å². The van der Waals surface area contributed by atoms with Gasteiger partial charge < -0.3 is 4.74 Å². The number of hydrogen-bond acceptors (Lipinski definition) is 4. The fraction of sp³-hybridized carbons (Fsp3) is 0.370. The van der Waals surface area contributed by atoms with Crippen LogP contribution in [0.3, 0.4) is 0 Å². The third-order valence-electron chi connectivity index (χ3n) is 6.40. The minimum atomic E-state index is -0.440. The summed E-state index contributed by atoms with van der Waals surface area (Å²) < 4.78 is 5.55. The third-order valence-corrected chi connectivity index (χ3v) is 6.40. The highest BCUT2D eigenvalue weighted by Crippen LogP contribution is 2.39. The zero-order valence-corrected chi connectivity index (χ0v) is 18.7. The largest absolute Gasteiger partial charge is 0.454 e. The van der Waals surface area contributed by atoms with Gasteiger partial charge in [0.05, 0.1) is 11.1 Å². The molecular weight excluding hydrogens is 386 g/mol. The summed E-state index contributed by atoms with van der Waals surface area (Å²) in [6.45, 7) is 8.44. The number of aromatic nitrogens is 1. The lowest BCUT2D eigenvalue weighted by Gasteiger charge is -2.35. The number of nitrogens with zero attached hydrogens (tertiary/aromatic N) is 1. The summed E-state index contributed by atoms with van der Waals surface area (Å²) >= 11 is 0. The monoisotopic (exact) mass is 415 g/mol. The molecule has 4 rings (SSSR count). The maximum atomic E-state index is 13.3. The van der Waals surface area contributed by atoms with Crippen LogP contribution in [0.4, 0.5) is 0 Å². The molecule has 0 saturated heterocycles. The number of ketones is 1. The number of benzene rings is 2. The molecule has 0 N–H and O–H groups in total. The molecule has 1 aliphatic carbocycles. The van der Waals surface area contributed by atoms with E-state index in [0.717, 1.165) is 47.0 Å². The van der Waals surface area contributed by atoms with Crippen molar-refractivity contribution in [3.8, 4) is 0 Å². The standard InChI is InChI=1S/C27H29NO3/c1-17-9-11-18(12-10-17)24(29)16-31-26(30)25-20-7-5-6-8-22(20)28-23-14-13-19(15-21(23)25)27(2,3)4/h5-12,19H,13-16H2,1-4H3. The number of para-hydroxylation sites is 1. The molecule has 1 aromatic heterocycles. The highest BCUT2D eigenvalue weighted by molar-refractivity contribution is 6.06. The summed E-state index contributed by atoms with van der Waals surface area (Å²) in [4.78, 5) is 30.7. The van der Waals surface area contributed by atoms with Crippen molar-refractivity contribution in [2.75, 3.05) is 6.61 Å². The quantitative estimate of drug-likeness (QED) is 0.403. The van der Waals surface area contributed by atoms with Crippen molar-refractivity contribution in [3.63, 3.8) is 0 Å². The van der Waals surface area contributed by atoms with E-state index in [-0.39, 0.29) is 17.8 Å². The number of carbonyl (C=O) groups is 2. The first kappa shape index (κ1) is 21.2. The number of hydrogen-bond donors (Lipinski definition) is 0. The normalized spacial score (nSPS) is 16.1. The molecule has 0 saturated carbocycles. The maximum absolute atomic E-state index is 13.3. The first-order valence-corrected chi connectivity index (χ1v) is 10.9. The summed E-state index contributed by atoms with van der Waals surface area (Å²) in [7, 11) is 0. The van der Waals surface area contributed by atoms with Gasteiger partial charge in [-0.15, -0.1) is 0 Å². The molecule has 1 atom stereocenters. The van der Waals surface area contributed by atoms with Gasteiger partial charge in [0.1, 0.15) is 0 Å². The van der Waals surface area contributed by atoms with E-state index in [2.05, 4.69) is 20.8 Å². The van der Waals surface area contributed by atoms with Crippen LogP contribution in [0, 0.1) is 18.3 Å². The zero-order chi connectivity index (χ0) is 22.2. The van der Waals surface area contributed by atoms with Crippen molar-refractivity contribution < 1.29 is 14.3 Å². The molecule has 0 amide bonds. The maximum Gasteiger partial charge on any atom is 0.339 e. The van der Waals surface area contributed by atoms with Gasteiger partial charge in [-0.25, -0.2) is 4.79 Å². The lowest BCUT2D eigenvalue weighted by molar-refractivity contribution is 0.0474. The molecular formula is C27H29NO3. The van der Waals surface area contributed by atoms with Crippen LogP contribution in [-0.4, -0.2) is 23.3 Å². The van der Waals surface area contributed by atoms with E-state index in [4.69, 9.17) is 9.72 Å². The second-order valence-corrected chi connectivity index (χ2v) is 9.60. The number of esters is 1. The Bertz CT molecular complexity index is 1140. The summed E-state index contributed by atoms with van der Waals surface area (Å²) in [6, 6.07) is 15.0. The van der Waals surface area contributed by atoms with Gasteiger partial charge in [-0.2, -0.15) is 0 Å². The first-order valence-electron chi connectivity index (χ1n) is 10.9. The van der Waals surface area contributed by atoms with Crippen LogP contribution in [0.2, 0.25) is 0 Å². The van der Waals surface area contributed by atoms with Crippen molar-refractivity contribution in [2.24, 2.45) is 11.3 Å². The lowest BCUT2D eigenvalue weighted by atomic mass is 9.70. The van der Waals surface area contributed by atoms with Crippen molar-refractivity contribution in [2.45, 2.75) is 47.0 Å². The molecule has 0 fully saturated rings. The van der Waals surface area contributed by atoms with Gasteiger partial charge in [-0.1, -0.05) is 68.8 Å². The molecule has 0 radical (unpaired) electrons. The van der Waals surface area contributed by atoms with E-state index in [9.17, 15) is 9.59 Å². The van der Waals surface area contributed by atoms with E-state index >= 15 is 0 Å². The number of carbonyl (C=O) groups excluding carboxylic acids is 2. The van der Waals surface area contributed by atoms with E-state index in [0.29, 0.717) is 17.0 Å². The van der Waals surface area contributed by atoms with E-state index in [1.807, 2.05) is 43.3 Å². The average molecular weight is 416 g/mol. The van der Waals surface area contributed by atoms with Crippen molar-refractivity contribution in [1.82, 2.24) is 4.98 Å². The minimum Gasteiger partial charge on any atom is -0.454 e. The van der Waals surface area contributed by atoms with Crippen LogP contribution in [0.25, 0.3) is 10.9 Å². The highest BCUT2D eigenvalue weighted by Gasteiger charge is 2.33. The lowest BCUT2D eigenvalue weighted by Crippen LogP contribution is -2.29. The van der Waals surface area contributed by atoms with Crippen molar-refractivity contribution in [3.05, 3.63) is 76.5 Å². The fourth-order valence-electron chi connectivity index (χ4n) is 4.39. The molecule has 0 aliphatic heterocycles. The van der Waals surface area contributed by atoms with E-state index in [1.54, 1.807) is 12.1 Å². The summed E-state index contributed by atoms with van der Waals surface area (Å²) in [5, 5.41) is 0.795. The number of pyridine rings is 1. The number of ether oxygens (including phenoxy) is 1. The minimum absolute atomic E-state index is 0.145. The van der Waals surface area contributed by atoms with Crippen LogP contribution in [0.5, 0.6) is 0 Å². The van der Waals surface area contributed by atoms with E-state index < -0.39 is 5.97 Å². The van der Waals surface area contributed by atoms with E-state index in [1.165, 1.54) is 0 Å². The molecule has 0 bridgehead atoms. The molecule has 31 heavy (non-hydrogen) atoms. The van der Waals surface area contributed by atoms with Gasteiger partial charge in [0.2, 0.25) is 0 Å². The Kier molecular flexibility index (Phi) is 5.65. The first-order chi connectivity index (χ1) is 14.7. The molecule has 0 spiro atoms. The third kappa shape index (κ3) is 4.39. The second-order valence-electron chi connectivity index (χ2n) is 9.60. The molecule has 1 heterocycles. The molecule has 4 nitrogen and oxygen atoms in total. The smallest absolute Gasteiger partial charge is 0.339 e. The Morgan fingerprint density at radius 1 is 1.06 bits per heavy atom. The number of Topliss-reactive ketones (excluding diaryl/α,β-unsaturated/α-hetero) is 1. The SMILES string of the molecule is Cc1ccc(C(=O)COC(=O)c2c3c(nc4ccccc24)CCC(C(C)(C)C)C3)cc1. The number of aryl methyl sites for hydroxylation is 2. The topological polar surface area (TPSA) is 56.3 Å². The summed E-state index contributed by atoms with van der Waals surface area (Å²) in [5.74, 6) is -0.179. The molecule has 1 aliphatic rings. The Morgan fingerprint density at radius 2 is 1.77 bits per heavy atom. The Morgan fingerprint density at radius 3 is 2.48 bits per heavy atom. The van der Waals surface area contributed by atoms with Crippen LogP contribution < -0.4 is 0 Å². The predicted octanol–water partition coefficient (Wildman–Crippen LogP) is 5.73. The summed E-state index contributed by atoms with van der Waals surface area (Å²) in [6.07, 6.45) is 2.71. The zero-order valence-electron chi connectivity index (χ0n) is 18.7. The van der Waals surface area contributed by atoms with Gasteiger partial charge in [0.15, 0.2) is 12.4 Å². The molecule has 1 unspecified atom stereocenters. The Balaban J connectivity index is 1.66. The average Bonchev–Trinajstić information content (AvgIpc) is 2.75. The van der Waals surface area contributed by atoms with Crippen LogP contribution in [0.15, 0.2) is 48.5 Å². The fourth-order valence-corrected chi connectivity index (χ4v) is 4.39. The van der Waals surface area contributed by atoms with Gasteiger partial charge in [0, 0.05) is 16.6 Å². The highest BCUT2D eigenvalue weighted by atomic mass is 16.5. The van der Waals surface area contributed by atoms with Gasteiger partial charge in [0.25, 0.3) is 0 Å². The number of rotatable bonds is 4. The predicted molar refractivity (Wildman–Crippen MR) is 123 cm³/mol. The van der Waals surface area contributed by atoms with Gasteiger partial charge in [-0.05, 0) is 49.1 Å². The van der Waals surface area contributed by atoms with Crippen LogP contribution in [-0.2, 0) is 17.6 Å².